The molecule has 1 aromatic heterocycles. The third kappa shape index (κ3) is 3.76. The molecule has 4 rings (SSSR count). The van der Waals surface area contributed by atoms with Crippen LogP contribution in [0.3, 0.4) is 0 Å². The molecule has 2 heterocycles. The van der Waals surface area contributed by atoms with E-state index in [4.69, 9.17) is 4.74 Å². The maximum absolute atomic E-state index is 13.0. The summed E-state index contributed by atoms with van der Waals surface area (Å²) >= 11 is 0. The van der Waals surface area contributed by atoms with Gasteiger partial charge in [-0.2, -0.15) is 0 Å². The van der Waals surface area contributed by atoms with Gasteiger partial charge < -0.3 is 14.2 Å². The van der Waals surface area contributed by atoms with Crippen molar-refractivity contribution in [2.75, 3.05) is 19.7 Å². The second-order valence-corrected chi connectivity index (χ2v) is 7.43. The number of imidazole rings is 1. The first-order chi connectivity index (χ1) is 12.7. The van der Waals surface area contributed by atoms with Crippen LogP contribution in [-0.4, -0.2) is 40.1 Å². The van der Waals surface area contributed by atoms with E-state index >= 15 is 0 Å². The van der Waals surface area contributed by atoms with E-state index < -0.39 is 0 Å². The van der Waals surface area contributed by atoms with Crippen molar-refractivity contribution in [2.24, 2.45) is 5.92 Å². The standard InChI is InChI=1S/C21H27N3O2/c1-2-26-19-7-3-5-17(13-19)21(25)24-11-4-6-18(15-24)20-22-10-12-23(20)14-16-8-9-16/h3,5,7,10,12-13,16,18H,2,4,6,8-9,11,14-15H2,1H3. The summed E-state index contributed by atoms with van der Waals surface area (Å²) in [6.45, 7) is 5.20. The van der Waals surface area contributed by atoms with Crippen molar-refractivity contribution >= 4 is 5.91 Å². The summed E-state index contributed by atoms with van der Waals surface area (Å²) in [5.74, 6) is 3.16. The first-order valence-corrected chi connectivity index (χ1v) is 9.77. The van der Waals surface area contributed by atoms with E-state index in [-0.39, 0.29) is 5.91 Å². The van der Waals surface area contributed by atoms with Gasteiger partial charge in [-0.25, -0.2) is 4.98 Å². The summed E-state index contributed by atoms with van der Waals surface area (Å²) in [5.41, 5.74) is 0.706. The predicted molar refractivity (Wildman–Crippen MR) is 100 cm³/mol. The van der Waals surface area contributed by atoms with Gasteiger partial charge in [0, 0.05) is 43.5 Å². The third-order valence-corrected chi connectivity index (χ3v) is 5.37. The van der Waals surface area contributed by atoms with Crippen LogP contribution in [0.25, 0.3) is 0 Å². The normalized spacial score (nSPS) is 20.2. The van der Waals surface area contributed by atoms with Crippen LogP contribution in [0.2, 0.25) is 0 Å². The van der Waals surface area contributed by atoms with Gasteiger partial charge in [-0.15, -0.1) is 0 Å². The highest BCUT2D eigenvalue weighted by Crippen LogP contribution is 2.33. The molecule has 1 aromatic carbocycles. The van der Waals surface area contributed by atoms with Crippen LogP contribution in [0.1, 0.15) is 54.7 Å². The Kier molecular flexibility index (Phi) is 4.96. The van der Waals surface area contributed by atoms with Gasteiger partial charge in [0.2, 0.25) is 0 Å². The molecule has 1 atom stereocenters. The molecule has 1 aliphatic heterocycles. The number of rotatable bonds is 6. The highest BCUT2D eigenvalue weighted by atomic mass is 16.5. The van der Waals surface area contributed by atoms with Crippen LogP contribution in [0.4, 0.5) is 0 Å². The van der Waals surface area contributed by atoms with Gasteiger partial charge in [-0.3, -0.25) is 4.79 Å². The van der Waals surface area contributed by atoms with E-state index in [0.29, 0.717) is 18.1 Å². The van der Waals surface area contributed by atoms with Crippen molar-refractivity contribution in [1.29, 1.82) is 0 Å². The second kappa shape index (κ2) is 7.52. The minimum Gasteiger partial charge on any atom is -0.494 e. The lowest BCUT2D eigenvalue weighted by atomic mass is 9.96. The molecule has 0 bridgehead atoms. The summed E-state index contributed by atoms with van der Waals surface area (Å²) in [6, 6.07) is 7.52. The number of carbonyl (C=O) groups is 1. The van der Waals surface area contributed by atoms with Crippen molar-refractivity contribution < 1.29 is 9.53 Å². The predicted octanol–water partition coefficient (Wildman–Crippen LogP) is 3.71. The number of hydrogen-bond acceptors (Lipinski definition) is 3. The Hall–Kier alpha value is -2.30. The van der Waals surface area contributed by atoms with Crippen molar-refractivity contribution in [3.63, 3.8) is 0 Å². The highest BCUT2D eigenvalue weighted by Gasteiger charge is 2.29. The second-order valence-electron chi connectivity index (χ2n) is 7.43. The Bertz CT molecular complexity index is 766. The number of benzene rings is 1. The average molecular weight is 353 g/mol. The molecule has 26 heavy (non-hydrogen) atoms. The topological polar surface area (TPSA) is 47.4 Å². The number of amides is 1. The SMILES string of the molecule is CCOc1cccc(C(=O)N2CCCC(c3nccn3CC3CC3)C2)c1. The van der Waals surface area contributed by atoms with Crippen molar-refractivity contribution in [3.8, 4) is 5.75 Å². The van der Waals surface area contributed by atoms with Crippen LogP contribution >= 0.6 is 0 Å². The van der Waals surface area contributed by atoms with Gasteiger partial charge in [-0.05, 0) is 56.7 Å². The molecule has 138 valence electrons. The molecular weight excluding hydrogens is 326 g/mol. The van der Waals surface area contributed by atoms with Gasteiger partial charge in [0.1, 0.15) is 11.6 Å². The summed E-state index contributed by atoms with van der Waals surface area (Å²) < 4.78 is 7.85. The van der Waals surface area contributed by atoms with Gasteiger partial charge in [0.15, 0.2) is 0 Å². The summed E-state index contributed by atoms with van der Waals surface area (Å²) in [5, 5.41) is 0. The Morgan fingerprint density at radius 2 is 2.19 bits per heavy atom. The molecule has 5 heteroatoms. The number of carbonyl (C=O) groups excluding carboxylic acids is 1. The van der Waals surface area contributed by atoms with Crippen molar-refractivity contribution in [2.45, 2.75) is 45.1 Å². The van der Waals surface area contributed by atoms with Crippen LogP contribution in [-0.2, 0) is 6.54 Å². The summed E-state index contributed by atoms with van der Waals surface area (Å²) in [4.78, 5) is 19.6. The fourth-order valence-corrected chi connectivity index (χ4v) is 3.85. The molecule has 0 N–H and O–H groups in total. The largest absolute Gasteiger partial charge is 0.494 e. The lowest BCUT2D eigenvalue weighted by molar-refractivity contribution is 0.0702. The monoisotopic (exact) mass is 353 g/mol. The van der Waals surface area contributed by atoms with E-state index in [9.17, 15) is 4.79 Å². The maximum atomic E-state index is 13.0. The number of nitrogens with zero attached hydrogens (tertiary/aromatic N) is 3. The van der Waals surface area contributed by atoms with Crippen LogP contribution in [0, 0.1) is 5.92 Å². The van der Waals surface area contributed by atoms with Crippen molar-refractivity contribution in [1.82, 2.24) is 14.5 Å². The van der Waals surface area contributed by atoms with Gasteiger partial charge in [-0.1, -0.05) is 6.07 Å². The number of piperidine rings is 1. The number of ether oxygens (including phenoxy) is 1. The molecule has 1 aliphatic carbocycles. The zero-order valence-corrected chi connectivity index (χ0v) is 15.4. The molecule has 2 fully saturated rings. The lowest BCUT2D eigenvalue weighted by Gasteiger charge is -2.33. The molecule has 0 radical (unpaired) electrons. The zero-order chi connectivity index (χ0) is 17.9. The molecule has 1 amide bonds. The fourth-order valence-electron chi connectivity index (χ4n) is 3.85. The minimum atomic E-state index is 0.0940. The first-order valence-electron chi connectivity index (χ1n) is 9.77. The lowest BCUT2D eigenvalue weighted by Crippen LogP contribution is -2.39. The molecule has 1 unspecified atom stereocenters. The molecule has 1 saturated heterocycles. The van der Waals surface area contributed by atoms with E-state index in [1.807, 2.05) is 42.3 Å². The van der Waals surface area contributed by atoms with Crippen LogP contribution in [0.5, 0.6) is 5.75 Å². The Morgan fingerprint density at radius 1 is 1.31 bits per heavy atom. The third-order valence-electron chi connectivity index (χ3n) is 5.37. The number of hydrogen-bond donors (Lipinski definition) is 0. The van der Waals surface area contributed by atoms with E-state index in [2.05, 4.69) is 15.7 Å². The summed E-state index contributed by atoms with van der Waals surface area (Å²) in [6.07, 6.45) is 8.80. The average Bonchev–Trinajstić information content (AvgIpc) is 3.37. The van der Waals surface area contributed by atoms with Crippen LogP contribution < -0.4 is 4.74 Å². The van der Waals surface area contributed by atoms with Gasteiger partial charge in [0.25, 0.3) is 5.91 Å². The number of likely N-dealkylation sites (tertiary alicyclic amines) is 1. The Balaban J connectivity index is 1.47. The van der Waals surface area contributed by atoms with Crippen molar-refractivity contribution in [3.05, 3.63) is 48.0 Å². The molecule has 2 aliphatic rings. The van der Waals surface area contributed by atoms with Gasteiger partial charge in [0.05, 0.1) is 6.61 Å². The smallest absolute Gasteiger partial charge is 0.254 e. The maximum Gasteiger partial charge on any atom is 0.254 e. The molecule has 0 spiro atoms. The zero-order valence-electron chi connectivity index (χ0n) is 15.4. The Morgan fingerprint density at radius 3 is 3.00 bits per heavy atom. The van der Waals surface area contributed by atoms with E-state index in [0.717, 1.165) is 50.0 Å². The molecule has 2 aromatic rings. The molecular formula is C21H27N3O2. The van der Waals surface area contributed by atoms with Crippen LogP contribution in [0.15, 0.2) is 36.7 Å². The molecule has 1 saturated carbocycles. The number of aromatic nitrogens is 2. The molecule has 5 nitrogen and oxygen atoms in total. The van der Waals surface area contributed by atoms with Gasteiger partial charge >= 0.3 is 0 Å². The summed E-state index contributed by atoms with van der Waals surface area (Å²) in [7, 11) is 0. The van der Waals surface area contributed by atoms with E-state index in [1.54, 1.807) is 0 Å². The minimum absolute atomic E-state index is 0.0940. The quantitative estimate of drug-likeness (QED) is 0.795. The fraction of sp³-hybridized carbons (Fsp3) is 0.524. The van der Waals surface area contributed by atoms with E-state index in [1.165, 1.54) is 12.8 Å². The Labute approximate surface area is 155 Å². The highest BCUT2D eigenvalue weighted by molar-refractivity contribution is 5.94. The first kappa shape index (κ1) is 17.1.